The molecule has 0 saturated carbocycles. The highest BCUT2D eigenvalue weighted by Crippen LogP contribution is 2.12. The molecule has 0 radical (unpaired) electrons. The molecule has 1 rings (SSSR count). The van der Waals surface area contributed by atoms with Crippen LogP contribution in [0.25, 0.3) is 0 Å². The Labute approximate surface area is 126 Å². The molecule has 0 saturated heterocycles. The Morgan fingerprint density at radius 1 is 1.32 bits per heavy atom. The van der Waals surface area contributed by atoms with E-state index in [-0.39, 0.29) is 17.9 Å². The van der Waals surface area contributed by atoms with E-state index in [1.165, 1.54) is 0 Å². The van der Waals surface area contributed by atoms with Gasteiger partial charge in [0.05, 0.1) is 6.04 Å². The van der Waals surface area contributed by atoms with Gasteiger partial charge in [-0.3, -0.25) is 4.68 Å². The van der Waals surface area contributed by atoms with Crippen molar-refractivity contribution in [1.29, 1.82) is 0 Å². The molecule has 0 aliphatic carbocycles. The van der Waals surface area contributed by atoms with Gasteiger partial charge in [-0.1, -0.05) is 0 Å². The van der Waals surface area contributed by atoms with Crippen molar-refractivity contribution in [2.24, 2.45) is 0 Å². The van der Waals surface area contributed by atoms with Crippen LogP contribution >= 0.6 is 0 Å². The van der Waals surface area contributed by atoms with Crippen molar-refractivity contribution in [3.05, 3.63) is 17.5 Å². The summed E-state index contributed by atoms with van der Waals surface area (Å²) in [5.41, 5.74) is -1.29. The SMILES string of the molecule is C[C@H](CNC(=O)OC(C)(C)C)n1nc(C(=O)O)cc1C(=O)O. The standard InChI is InChI=1S/C13H19N3O6/c1-7(6-14-12(21)22-13(2,3)4)16-9(11(19)20)5-8(15-16)10(17)18/h5,7H,6H2,1-4H3,(H,14,21)(H,17,18)(H,19,20)/t7-/m1/s1. The first kappa shape index (κ1) is 17.5. The topological polar surface area (TPSA) is 131 Å². The van der Waals surface area contributed by atoms with Gasteiger partial charge < -0.3 is 20.3 Å². The maximum atomic E-state index is 11.6. The third-order valence-electron chi connectivity index (χ3n) is 2.53. The van der Waals surface area contributed by atoms with Crippen LogP contribution in [0.5, 0.6) is 0 Å². The van der Waals surface area contributed by atoms with Gasteiger partial charge in [0.2, 0.25) is 0 Å². The molecule has 9 heteroatoms. The molecule has 0 aliphatic heterocycles. The fourth-order valence-electron chi connectivity index (χ4n) is 1.63. The first-order chi connectivity index (χ1) is 10.0. The van der Waals surface area contributed by atoms with E-state index in [0.717, 1.165) is 10.7 Å². The number of carbonyl (C=O) groups excluding carboxylic acids is 1. The zero-order chi connectivity index (χ0) is 17.1. The lowest BCUT2D eigenvalue weighted by atomic mass is 10.2. The van der Waals surface area contributed by atoms with E-state index in [9.17, 15) is 14.4 Å². The monoisotopic (exact) mass is 313 g/mol. The molecule has 3 N–H and O–H groups in total. The lowest BCUT2D eigenvalue weighted by Gasteiger charge is -2.21. The minimum absolute atomic E-state index is 0.0376. The van der Waals surface area contributed by atoms with Gasteiger partial charge in [-0.2, -0.15) is 5.10 Å². The number of aromatic carboxylic acids is 2. The molecule has 0 fully saturated rings. The first-order valence-electron chi connectivity index (χ1n) is 6.54. The van der Waals surface area contributed by atoms with Gasteiger partial charge in [0, 0.05) is 12.6 Å². The van der Waals surface area contributed by atoms with Crippen molar-refractivity contribution in [2.45, 2.75) is 39.3 Å². The Balaban J connectivity index is 2.81. The van der Waals surface area contributed by atoms with Gasteiger partial charge in [0.15, 0.2) is 5.69 Å². The fraction of sp³-hybridized carbons (Fsp3) is 0.538. The number of alkyl carbamates (subject to hydrolysis) is 1. The highest BCUT2D eigenvalue weighted by atomic mass is 16.6. The van der Waals surface area contributed by atoms with Crippen LogP contribution in [0.15, 0.2) is 6.07 Å². The molecule has 0 unspecified atom stereocenters. The quantitative estimate of drug-likeness (QED) is 0.748. The molecule has 0 spiro atoms. The van der Waals surface area contributed by atoms with E-state index in [4.69, 9.17) is 14.9 Å². The van der Waals surface area contributed by atoms with Gasteiger partial charge in [-0.15, -0.1) is 0 Å². The summed E-state index contributed by atoms with van der Waals surface area (Å²) < 4.78 is 6.10. The number of hydrogen-bond acceptors (Lipinski definition) is 5. The zero-order valence-electron chi connectivity index (χ0n) is 12.8. The van der Waals surface area contributed by atoms with E-state index in [1.54, 1.807) is 27.7 Å². The van der Waals surface area contributed by atoms with Crippen LogP contribution in [0.4, 0.5) is 4.79 Å². The van der Waals surface area contributed by atoms with Gasteiger partial charge in [0.1, 0.15) is 11.3 Å². The minimum Gasteiger partial charge on any atom is -0.477 e. The molecular formula is C13H19N3O6. The van der Waals surface area contributed by atoms with Crippen molar-refractivity contribution in [3.8, 4) is 0 Å². The Morgan fingerprint density at radius 3 is 2.36 bits per heavy atom. The largest absolute Gasteiger partial charge is 0.477 e. The molecular weight excluding hydrogens is 294 g/mol. The Kier molecular flexibility index (Phi) is 5.13. The maximum absolute atomic E-state index is 11.6. The number of aromatic nitrogens is 2. The van der Waals surface area contributed by atoms with E-state index < -0.39 is 29.7 Å². The zero-order valence-corrected chi connectivity index (χ0v) is 12.8. The number of ether oxygens (including phenoxy) is 1. The van der Waals surface area contributed by atoms with E-state index >= 15 is 0 Å². The molecule has 9 nitrogen and oxygen atoms in total. The van der Waals surface area contributed by atoms with E-state index in [0.29, 0.717) is 0 Å². The third kappa shape index (κ3) is 4.76. The lowest BCUT2D eigenvalue weighted by Crippen LogP contribution is -2.36. The Bertz CT molecular complexity index is 587. The average Bonchev–Trinajstić information content (AvgIpc) is 2.79. The average molecular weight is 313 g/mol. The number of nitrogens with one attached hydrogen (secondary N) is 1. The van der Waals surface area contributed by atoms with E-state index in [1.807, 2.05) is 0 Å². The predicted molar refractivity (Wildman–Crippen MR) is 75.1 cm³/mol. The van der Waals surface area contributed by atoms with Crippen LogP contribution < -0.4 is 5.32 Å². The summed E-state index contributed by atoms with van der Waals surface area (Å²) in [6.07, 6.45) is -0.651. The van der Waals surface area contributed by atoms with Crippen molar-refractivity contribution >= 4 is 18.0 Å². The molecule has 0 bridgehead atoms. The van der Waals surface area contributed by atoms with Gasteiger partial charge >= 0.3 is 18.0 Å². The maximum Gasteiger partial charge on any atom is 0.407 e. The second-order valence-electron chi connectivity index (χ2n) is 5.70. The number of rotatable bonds is 5. The van der Waals surface area contributed by atoms with Crippen molar-refractivity contribution in [3.63, 3.8) is 0 Å². The molecule has 1 aromatic heterocycles. The number of hydrogen-bond donors (Lipinski definition) is 3. The van der Waals surface area contributed by atoms with Crippen molar-refractivity contribution < 1.29 is 29.3 Å². The van der Waals surface area contributed by atoms with Crippen LogP contribution in [-0.4, -0.2) is 50.2 Å². The molecule has 22 heavy (non-hydrogen) atoms. The summed E-state index contributed by atoms with van der Waals surface area (Å²) in [5.74, 6) is -2.63. The first-order valence-corrected chi connectivity index (χ1v) is 6.54. The number of carboxylic acid groups (broad SMARTS) is 2. The van der Waals surface area contributed by atoms with Crippen LogP contribution in [0.2, 0.25) is 0 Å². The fourth-order valence-corrected chi connectivity index (χ4v) is 1.63. The normalized spacial score (nSPS) is 12.5. The van der Waals surface area contributed by atoms with Crippen LogP contribution in [0.1, 0.15) is 54.7 Å². The summed E-state index contributed by atoms with van der Waals surface area (Å²) in [5, 5.41) is 24.2. The van der Waals surface area contributed by atoms with Crippen molar-refractivity contribution in [1.82, 2.24) is 15.1 Å². The minimum atomic E-state index is -1.33. The summed E-state index contributed by atoms with van der Waals surface area (Å²) in [4.78, 5) is 33.6. The van der Waals surface area contributed by atoms with E-state index in [2.05, 4.69) is 10.4 Å². The number of carbonyl (C=O) groups is 3. The van der Waals surface area contributed by atoms with Crippen LogP contribution in [-0.2, 0) is 4.74 Å². The van der Waals surface area contributed by atoms with Crippen molar-refractivity contribution in [2.75, 3.05) is 6.54 Å². The third-order valence-corrected chi connectivity index (χ3v) is 2.53. The summed E-state index contributed by atoms with van der Waals surface area (Å²) >= 11 is 0. The molecule has 1 aromatic rings. The lowest BCUT2D eigenvalue weighted by molar-refractivity contribution is 0.0519. The Morgan fingerprint density at radius 2 is 1.91 bits per heavy atom. The molecule has 1 amide bonds. The predicted octanol–water partition coefficient (Wildman–Crippen LogP) is 1.37. The van der Waals surface area contributed by atoms with Gasteiger partial charge in [-0.05, 0) is 27.7 Å². The summed E-state index contributed by atoms with van der Waals surface area (Å²) in [6.45, 7) is 6.78. The molecule has 1 heterocycles. The number of carboxylic acids is 2. The molecule has 122 valence electrons. The second kappa shape index (κ2) is 6.46. The highest BCUT2D eigenvalue weighted by Gasteiger charge is 2.22. The Hall–Kier alpha value is -2.58. The van der Waals surface area contributed by atoms with Crippen LogP contribution in [0.3, 0.4) is 0 Å². The molecule has 0 aromatic carbocycles. The van der Waals surface area contributed by atoms with Crippen LogP contribution in [0, 0.1) is 0 Å². The highest BCUT2D eigenvalue weighted by molar-refractivity contribution is 5.91. The summed E-state index contributed by atoms with van der Waals surface area (Å²) in [6, 6.07) is 0.404. The van der Waals surface area contributed by atoms with Gasteiger partial charge in [-0.25, -0.2) is 14.4 Å². The molecule has 1 atom stereocenters. The summed E-state index contributed by atoms with van der Waals surface area (Å²) in [7, 11) is 0. The van der Waals surface area contributed by atoms with Gasteiger partial charge in [0.25, 0.3) is 0 Å². The molecule has 0 aliphatic rings. The smallest absolute Gasteiger partial charge is 0.407 e. The number of amides is 1. The number of nitrogens with zero attached hydrogens (tertiary/aromatic N) is 2. The second-order valence-corrected chi connectivity index (χ2v) is 5.70.